The van der Waals surface area contributed by atoms with E-state index in [1.54, 1.807) is 25.3 Å². The molecule has 0 aliphatic rings. The summed E-state index contributed by atoms with van der Waals surface area (Å²) in [6.45, 7) is 0.365. The van der Waals surface area contributed by atoms with Gasteiger partial charge in [0.05, 0.1) is 17.1 Å². The number of methoxy groups -OCH3 is 1. The lowest BCUT2D eigenvalue weighted by atomic mass is 10.2. The number of carboxylic acids is 1. The maximum atomic E-state index is 12.3. The molecule has 0 radical (unpaired) electrons. The molecule has 0 aliphatic heterocycles. The first-order valence-corrected chi connectivity index (χ1v) is 7.85. The van der Waals surface area contributed by atoms with E-state index in [1.807, 2.05) is 6.07 Å². The molecule has 0 unspecified atom stereocenters. The van der Waals surface area contributed by atoms with Crippen molar-refractivity contribution in [3.8, 4) is 0 Å². The van der Waals surface area contributed by atoms with E-state index >= 15 is 0 Å². The van der Waals surface area contributed by atoms with Crippen molar-refractivity contribution in [1.29, 1.82) is 0 Å². The molecule has 0 amide bonds. The molecule has 0 bridgehead atoms. The topological polar surface area (TPSA) is 92.7 Å². The highest BCUT2D eigenvalue weighted by Gasteiger charge is 2.16. The van der Waals surface area contributed by atoms with E-state index in [0.717, 1.165) is 11.6 Å². The van der Waals surface area contributed by atoms with Gasteiger partial charge in [0.15, 0.2) is 0 Å². The van der Waals surface area contributed by atoms with Crippen LogP contribution in [0.15, 0.2) is 53.4 Å². The van der Waals surface area contributed by atoms with Crippen LogP contribution in [0.4, 0.5) is 5.69 Å². The Morgan fingerprint density at radius 1 is 1.18 bits per heavy atom. The highest BCUT2D eigenvalue weighted by atomic mass is 32.2. The minimum absolute atomic E-state index is 0.0870. The van der Waals surface area contributed by atoms with Gasteiger partial charge in [0.2, 0.25) is 0 Å². The fourth-order valence-electron chi connectivity index (χ4n) is 1.90. The number of anilines is 1. The van der Waals surface area contributed by atoms with E-state index in [4.69, 9.17) is 9.84 Å². The van der Waals surface area contributed by atoms with Gasteiger partial charge in [0.1, 0.15) is 0 Å². The van der Waals surface area contributed by atoms with Crippen LogP contribution in [0.2, 0.25) is 0 Å². The first-order valence-electron chi connectivity index (χ1n) is 6.36. The largest absolute Gasteiger partial charge is 0.478 e. The Hall–Kier alpha value is -2.38. The Balaban J connectivity index is 2.29. The van der Waals surface area contributed by atoms with Crippen LogP contribution in [0.5, 0.6) is 0 Å². The molecule has 0 aromatic heterocycles. The van der Waals surface area contributed by atoms with Gasteiger partial charge in [0, 0.05) is 12.8 Å². The van der Waals surface area contributed by atoms with Gasteiger partial charge in [-0.25, -0.2) is 13.2 Å². The maximum Gasteiger partial charge on any atom is 0.335 e. The predicted octanol–water partition coefficient (Wildman–Crippen LogP) is 2.33. The number of carbonyl (C=O) groups is 1. The van der Waals surface area contributed by atoms with E-state index in [0.29, 0.717) is 12.3 Å². The molecule has 22 heavy (non-hydrogen) atoms. The van der Waals surface area contributed by atoms with E-state index in [1.165, 1.54) is 18.2 Å². The van der Waals surface area contributed by atoms with Gasteiger partial charge < -0.3 is 9.84 Å². The van der Waals surface area contributed by atoms with Gasteiger partial charge in [0.25, 0.3) is 10.0 Å². The van der Waals surface area contributed by atoms with Crippen LogP contribution in [-0.4, -0.2) is 26.6 Å². The molecular formula is C15H15NO5S. The molecule has 0 aliphatic carbocycles. The molecule has 2 N–H and O–H groups in total. The van der Waals surface area contributed by atoms with Crippen LogP contribution < -0.4 is 4.72 Å². The van der Waals surface area contributed by atoms with Crippen molar-refractivity contribution in [3.63, 3.8) is 0 Å². The minimum Gasteiger partial charge on any atom is -0.478 e. The number of carboxylic acid groups (broad SMARTS) is 1. The molecule has 2 aromatic carbocycles. The summed E-state index contributed by atoms with van der Waals surface area (Å²) in [5.41, 5.74) is 1.12. The number of sulfonamides is 1. The maximum absolute atomic E-state index is 12.3. The Labute approximate surface area is 128 Å². The van der Waals surface area contributed by atoms with Crippen LogP contribution >= 0.6 is 0 Å². The number of rotatable bonds is 6. The van der Waals surface area contributed by atoms with E-state index in [2.05, 4.69) is 4.72 Å². The van der Waals surface area contributed by atoms with Crippen molar-refractivity contribution in [2.45, 2.75) is 11.5 Å². The van der Waals surface area contributed by atoms with Gasteiger partial charge in [-0.2, -0.15) is 0 Å². The lowest BCUT2D eigenvalue weighted by Crippen LogP contribution is -2.14. The molecule has 0 fully saturated rings. The fraction of sp³-hybridized carbons (Fsp3) is 0.133. The highest BCUT2D eigenvalue weighted by molar-refractivity contribution is 7.92. The van der Waals surface area contributed by atoms with E-state index < -0.39 is 16.0 Å². The molecule has 0 saturated heterocycles. The number of hydrogen-bond acceptors (Lipinski definition) is 4. The predicted molar refractivity (Wildman–Crippen MR) is 81.4 cm³/mol. The SMILES string of the molecule is COCc1cccc(NS(=O)(=O)c2cccc(C(=O)O)c2)c1. The standard InChI is InChI=1S/C15H15NO5S/c1-21-10-11-4-2-6-13(8-11)16-22(19,20)14-7-3-5-12(9-14)15(17)18/h2-9,16H,10H2,1H3,(H,17,18). The zero-order valence-corrected chi connectivity index (χ0v) is 12.6. The average molecular weight is 321 g/mol. The Kier molecular flexibility index (Phi) is 4.79. The van der Waals surface area contributed by atoms with Crippen molar-refractivity contribution in [1.82, 2.24) is 0 Å². The van der Waals surface area contributed by atoms with Gasteiger partial charge >= 0.3 is 5.97 Å². The van der Waals surface area contributed by atoms with Crippen molar-refractivity contribution < 1.29 is 23.1 Å². The normalized spacial score (nSPS) is 11.1. The average Bonchev–Trinajstić information content (AvgIpc) is 2.47. The van der Waals surface area contributed by atoms with E-state index in [-0.39, 0.29) is 10.5 Å². The molecule has 0 saturated carbocycles. The fourth-order valence-corrected chi connectivity index (χ4v) is 3.00. The van der Waals surface area contributed by atoms with Gasteiger partial charge in [-0.1, -0.05) is 18.2 Å². The van der Waals surface area contributed by atoms with Crippen molar-refractivity contribution in [2.24, 2.45) is 0 Å². The Morgan fingerprint density at radius 3 is 2.59 bits per heavy atom. The van der Waals surface area contributed by atoms with Crippen LogP contribution in [0, 0.1) is 0 Å². The smallest absolute Gasteiger partial charge is 0.335 e. The van der Waals surface area contributed by atoms with Crippen LogP contribution in [-0.2, 0) is 21.4 Å². The molecule has 116 valence electrons. The summed E-state index contributed by atoms with van der Waals surface area (Å²) in [5.74, 6) is -1.18. The Morgan fingerprint density at radius 2 is 1.91 bits per heavy atom. The summed E-state index contributed by atoms with van der Waals surface area (Å²) in [6.07, 6.45) is 0. The third-order valence-electron chi connectivity index (χ3n) is 2.88. The van der Waals surface area contributed by atoms with Crippen LogP contribution in [0.3, 0.4) is 0 Å². The van der Waals surface area contributed by atoms with Gasteiger partial charge in [-0.3, -0.25) is 4.72 Å². The highest BCUT2D eigenvalue weighted by Crippen LogP contribution is 2.18. The molecular weight excluding hydrogens is 306 g/mol. The van der Waals surface area contributed by atoms with Gasteiger partial charge in [-0.05, 0) is 35.9 Å². The second kappa shape index (κ2) is 6.59. The van der Waals surface area contributed by atoms with Crippen LogP contribution in [0.1, 0.15) is 15.9 Å². The number of ether oxygens (including phenoxy) is 1. The minimum atomic E-state index is -3.86. The van der Waals surface area contributed by atoms with Crippen LogP contribution in [0.25, 0.3) is 0 Å². The summed E-state index contributed by atoms with van der Waals surface area (Å²) < 4.78 is 32.0. The van der Waals surface area contributed by atoms with Crippen molar-refractivity contribution in [2.75, 3.05) is 11.8 Å². The molecule has 0 heterocycles. The molecule has 6 nitrogen and oxygen atoms in total. The summed E-state index contributed by atoms with van der Waals surface area (Å²) in [6, 6.07) is 12.0. The van der Waals surface area contributed by atoms with Crippen molar-refractivity contribution in [3.05, 3.63) is 59.7 Å². The zero-order valence-electron chi connectivity index (χ0n) is 11.8. The Bertz CT molecular complexity index is 786. The molecule has 0 atom stereocenters. The summed E-state index contributed by atoms with van der Waals surface area (Å²) in [4.78, 5) is 10.8. The summed E-state index contributed by atoms with van der Waals surface area (Å²) in [5, 5.41) is 8.93. The van der Waals surface area contributed by atoms with E-state index in [9.17, 15) is 13.2 Å². The number of aromatic carboxylic acids is 1. The first-order chi connectivity index (χ1) is 10.4. The number of benzene rings is 2. The number of hydrogen-bond donors (Lipinski definition) is 2. The number of nitrogens with one attached hydrogen (secondary N) is 1. The second-order valence-corrected chi connectivity index (χ2v) is 6.25. The zero-order chi connectivity index (χ0) is 16.2. The van der Waals surface area contributed by atoms with Gasteiger partial charge in [-0.15, -0.1) is 0 Å². The lowest BCUT2D eigenvalue weighted by Gasteiger charge is -2.10. The third-order valence-corrected chi connectivity index (χ3v) is 4.26. The molecule has 7 heteroatoms. The first kappa shape index (κ1) is 16.0. The summed E-state index contributed by atoms with van der Waals surface area (Å²) >= 11 is 0. The molecule has 0 spiro atoms. The molecule has 2 aromatic rings. The summed E-state index contributed by atoms with van der Waals surface area (Å²) in [7, 11) is -2.31. The van der Waals surface area contributed by atoms with Crippen molar-refractivity contribution >= 4 is 21.7 Å². The monoisotopic (exact) mass is 321 g/mol. The quantitative estimate of drug-likeness (QED) is 0.852. The second-order valence-electron chi connectivity index (χ2n) is 4.57. The molecule has 2 rings (SSSR count). The third kappa shape index (κ3) is 3.84. The lowest BCUT2D eigenvalue weighted by molar-refractivity contribution is 0.0696.